The zero-order chi connectivity index (χ0) is 18.9. The van der Waals surface area contributed by atoms with Crippen LogP contribution in [0.2, 0.25) is 0 Å². The van der Waals surface area contributed by atoms with E-state index in [0.29, 0.717) is 12.5 Å². The molecule has 0 aromatic heterocycles. The largest absolute Gasteiger partial charge is 0.493 e. The van der Waals surface area contributed by atoms with E-state index >= 15 is 0 Å². The summed E-state index contributed by atoms with van der Waals surface area (Å²) in [7, 11) is 0. The molecular formula is C22H29NO3. The normalized spacial score (nSPS) is 14.3. The first-order chi connectivity index (χ1) is 12.5. The first kappa shape index (κ1) is 20.0. The second kappa shape index (κ2) is 9.97. The average molecular weight is 355 g/mol. The molecule has 0 aliphatic carbocycles. The van der Waals surface area contributed by atoms with Crippen LogP contribution in [0.25, 0.3) is 0 Å². The molecule has 0 spiro atoms. The van der Waals surface area contributed by atoms with Gasteiger partial charge in [-0.25, -0.2) is 0 Å². The van der Waals surface area contributed by atoms with Gasteiger partial charge in [-0.15, -0.1) is 0 Å². The molecule has 0 bridgehead atoms. The van der Waals surface area contributed by atoms with Gasteiger partial charge in [-0.1, -0.05) is 62.7 Å². The number of ether oxygens (including phenoxy) is 1. The van der Waals surface area contributed by atoms with Gasteiger partial charge in [0.15, 0.2) is 0 Å². The van der Waals surface area contributed by atoms with Crippen molar-refractivity contribution in [2.75, 3.05) is 13.2 Å². The van der Waals surface area contributed by atoms with Crippen molar-refractivity contribution in [2.24, 2.45) is 5.92 Å². The molecule has 0 radical (unpaired) electrons. The third kappa shape index (κ3) is 5.60. The quantitative estimate of drug-likeness (QED) is 0.713. The Hall–Kier alpha value is -2.33. The summed E-state index contributed by atoms with van der Waals surface area (Å²) < 4.78 is 5.75. The molecular weight excluding hydrogens is 326 g/mol. The molecule has 0 aliphatic rings. The van der Waals surface area contributed by atoms with Crippen LogP contribution in [-0.4, -0.2) is 24.2 Å². The van der Waals surface area contributed by atoms with Crippen molar-refractivity contribution in [3.63, 3.8) is 0 Å². The lowest BCUT2D eigenvalue weighted by atomic mass is 9.98. The predicted octanol–water partition coefficient (Wildman–Crippen LogP) is 4.06. The Labute approximate surface area is 156 Å². The van der Waals surface area contributed by atoms with E-state index in [0.717, 1.165) is 23.3 Å². The van der Waals surface area contributed by atoms with Crippen molar-refractivity contribution < 1.29 is 14.6 Å². The lowest BCUT2D eigenvalue weighted by Gasteiger charge is -2.20. The van der Waals surface area contributed by atoms with Gasteiger partial charge in [0.1, 0.15) is 5.75 Å². The second-order valence-electron chi connectivity index (χ2n) is 6.77. The summed E-state index contributed by atoms with van der Waals surface area (Å²) in [6, 6.07) is 17.1. The molecule has 0 fully saturated rings. The number of carbonyl (C=O) groups is 1. The SMILES string of the molecule is CC[C@@H](C)COc1ccc([C@@H](CO)C(=O)N[C@H](C)c2ccccc2)cc1. The smallest absolute Gasteiger partial charge is 0.230 e. The summed E-state index contributed by atoms with van der Waals surface area (Å²) in [5, 5.41) is 12.7. The van der Waals surface area contributed by atoms with Gasteiger partial charge in [0.05, 0.1) is 25.2 Å². The van der Waals surface area contributed by atoms with Crippen molar-refractivity contribution in [3.8, 4) is 5.75 Å². The van der Waals surface area contributed by atoms with Crippen LogP contribution in [0.4, 0.5) is 0 Å². The molecule has 4 heteroatoms. The summed E-state index contributed by atoms with van der Waals surface area (Å²) in [6.45, 7) is 6.66. The Morgan fingerprint density at radius 2 is 1.69 bits per heavy atom. The number of hydrogen-bond acceptors (Lipinski definition) is 3. The highest BCUT2D eigenvalue weighted by Gasteiger charge is 2.21. The standard InChI is InChI=1S/C22H29NO3/c1-4-16(2)15-26-20-12-10-19(11-13-20)21(14-24)22(25)23-17(3)18-8-6-5-7-9-18/h5-13,16-17,21,24H,4,14-15H2,1-3H3,(H,23,25)/t16-,17-,21-/m1/s1. The maximum absolute atomic E-state index is 12.6. The van der Waals surface area contributed by atoms with Gasteiger partial charge < -0.3 is 15.2 Å². The number of hydrogen-bond donors (Lipinski definition) is 2. The molecule has 2 rings (SSSR count). The van der Waals surface area contributed by atoms with Gasteiger partial charge in [0.25, 0.3) is 0 Å². The van der Waals surface area contributed by atoms with Crippen molar-refractivity contribution in [1.29, 1.82) is 0 Å². The Morgan fingerprint density at radius 3 is 2.27 bits per heavy atom. The lowest BCUT2D eigenvalue weighted by molar-refractivity contribution is -0.124. The minimum atomic E-state index is -0.593. The van der Waals surface area contributed by atoms with E-state index in [1.807, 2.05) is 61.5 Å². The third-order valence-corrected chi connectivity index (χ3v) is 4.67. The van der Waals surface area contributed by atoms with Gasteiger partial charge in [-0.05, 0) is 36.1 Å². The van der Waals surface area contributed by atoms with Gasteiger partial charge >= 0.3 is 0 Å². The number of carbonyl (C=O) groups excluding carboxylic acids is 1. The third-order valence-electron chi connectivity index (χ3n) is 4.67. The maximum Gasteiger partial charge on any atom is 0.230 e. The zero-order valence-corrected chi connectivity index (χ0v) is 15.8. The van der Waals surface area contributed by atoms with Crippen molar-refractivity contribution in [2.45, 2.75) is 39.2 Å². The highest BCUT2D eigenvalue weighted by molar-refractivity contribution is 5.84. The Bertz CT molecular complexity index is 670. The Balaban J connectivity index is 1.99. The number of benzene rings is 2. The van der Waals surface area contributed by atoms with Crippen LogP contribution in [0.3, 0.4) is 0 Å². The first-order valence-electron chi connectivity index (χ1n) is 9.24. The molecule has 0 aliphatic heterocycles. The molecule has 2 N–H and O–H groups in total. The molecule has 2 aromatic carbocycles. The molecule has 1 amide bonds. The van der Waals surface area contributed by atoms with Crippen LogP contribution < -0.4 is 10.1 Å². The number of rotatable bonds is 9. The fourth-order valence-electron chi connectivity index (χ4n) is 2.63. The molecule has 4 nitrogen and oxygen atoms in total. The predicted molar refractivity (Wildman–Crippen MR) is 104 cm³/mol. The van der Waals surface area contributed by atoms with Gasteiger partial charge in [0, 0.05) is 0 Å². The van der Waals surface area contributed by atoms with Crippen LogP contribution >= 0.6 is 0 Å². The molecule has 0 saturated heterocycles. The van der Waals surface area contributed by atoms with Crippen LogP contribution in [0.15, 0.2) is 54.6 Å². The summed E-state index contributed by atoms with van der Waals surface area (Å²) in [6.07, 6.45) is 1.07. The van der Waals surface area contributed by atoms with Crippen molar-refractivity contribution in [1.82, 2.24) is 5.32 Å². The van der Waals surface area contributed by atoms with Crippen LogP contribution in [0.5, 0.6) is 5.75 Å². The molecule has 26 heavy (non-hydrogen) atoms. The minimum Gasteiger partial charge on any atom is -0.493 e. The van der Waals surface area contributed by atoms with E-state index in [2.05, 4.69) is 19.2 Å². The topological polar surface area (TPSA) is 58.6 Å². The minimum absolute atomic E-state index is 0.115. The highest BCUT2D eigenvalue weighted by Crippen LogP contribution is 2.22. The lowest BCUT2D eigenvalue weighted by Crippen LogP contribution is -2.33. The molecule has 3 atom stereocenters. The summed E-state index contributed by atoms with van der Waals surface area (Å²) in [5.74, 6) is 0.510. The van der Waals surface area contributed by atoms with Crippen LogP contribution in [0.1, 0.15) is 50.3 Å². The maximum atomic E-state index is 12.6. The summed E-state index contributed by atoms with van der Waals surface area (Å²) in [4.78, 5) is 12.6. The molecule has 2 aromatic rings. The molecule has 0 unspecified atom stereocenters. The van der Waals surface area contributed by atoms with Gasteiger partial charge in [-0.2, -0.15) is 0 Å². The summed E-state index contributed by atoms with van der Waals surface area (Å²) >= 11 is 0. The second-order valence-corrected chi connectivity index (χ2v) is 6.77. The van der Waals surface area contributed by atoms with Gasteiger partial charge in [-0.3, -0.25) is 4.79 Å². The van der Waals surface area contributed by atoms with Crippen molar-refractivity contribution >= 4 is 5.91 Å². The molecule has 0 heterocycles. The van der Waals surface area contributed by atoms with E-state index in [9.17, 15) is 9.90 Å². The monoisotopic (exact) mass is 355 g/mol. The summed E-state index contributed by atoms with van der Waals surface area (Å²) in [5.41, 5.74) is 1.81. The van der Waals surface area contributed by atoms with E-state index in [-0.39, 0.29) is 18.6 Å². The molecule has 0 saturated carbocycles. The van der Waals surface area contributed by atoms with Gasteiger partial charge in [0.2, 0.25) is 5.91 Å². The van der Waals surface area contributed by atoms with Crippen LogP contribution in [-0.2, 0) is 4.79 Å². The Morgan fingerprint density at radius 1 is 1.04 bits per heavy atom. The Kier molecular flexibility index (Phi) is 7.67. The fourth-order valence-corrected chi connectivity index (χ4v) is 2.63. The fraction of sp³-hybridized carbons (Fsp3) is 0.409. The number of aliphatic hydroxyl groups is 1. The van der Waals surface area contributed by atoms with E-state index in [1.165, 1.54) is 0 Å². The molecule has 140 valence electrons. The van der Waals surface area contributed by atoms with E-state index in [1.54, 1.807) is 0 Å². The van der Waals surface area contributed by atoms with Crippen molar-refractivity contribution in [3.05, 3.63) is 65.7 Å². The number of amides is 1. The zero-order valence-electron chi connectivity index (χ0n) is 15.8. The first-order valence-corrected chi connectivity index (χ1v) is 9.24. The average Bonchev–Trinajstić information content (AvgIpc) is 2.68. The number of aliphatic hydroxyl groups excluding tert-OH is 1. The van der Waals surface area contributed by atoms with E-state index < -0.39 is 5.92 Å². The number of nitrogens with one attached hydrogen (secondary N) is 1. The van der Waals surface area contributed by atoms with Crippen LogP contribution in [0, 0.1) is 5.92 Å². The highest BCUT2D eigenvalue weighted by atomic mass is 16.5. The van der Waals surface area contributed by atoms with E-state index in [4.69, 9.17) is 4.74 Å².